The first-order chi connectivity index (χ1) is 11.5. The van der Waals surface area contributed by atoms with Crippen molar-refractivity contribution >= 4 is 35.4 Å². The summed E-state index contributed by atoms with van der Waals surface area (Å²) in [6.07, 6.45) is 4.69. The first-order valence-corrected chi connectivity index (χ1v) is 9.55. The predicted octanol–water partition coefficient (Wildman–Crippen LogP) is 1.10. The number of carbonyl (C=O) groups excluding carboxylic acids is 1. The van der Waals surface area contributed by atoms with Gasteiger partial charge in [0.05, 0.1) is 16.3 Å². The highest BCUT2D eigenvalue weighted by Crippen LogP contribution is 2.55. The number of aryl methyl sites for hydroxylation is 1. The molecule has 9 heteroatoms. The Kier molecular flexibility index (Phi) is 3.89. The quantitative estimate of drug-likeness (QED) is 0.769. The van der Waals surface area contributed by atoms with Gasteiger partial charge in [0.25, 0.3) is 0 Å². The number of aliphatic hydroxyl groups is 1. The molecular formula is C15H17N3O4S2. The van der Waals surface area contributed by atoms with Crippen molar-refractivity contribution in [2.75, 3.05) is 0 Å². The van der Waals surface area contributed by atoms with E-state index in [9.17, 15) is 19.8 Å². The van der Waals surface area contributed by atoms with Gasteiger partial charge in [-0.1, -0.05) is 11.8 Å². The number of amides is 1. The van der Waals surface area contributed by atoms with Gasteiger partial charge in [0.2, 0.25) is 5.91 Å². The molecule has 0 aliphatic carbocycles. The van der Waals surface area contributed by atoms with Gasteiger partial charge in [-0.05, 0) is 13.3 Å². The molecule has 7 nitrogen and oxygen atoms in total. The van der Waals surface area contributed by atoms with Crippen LogP contribution in [0.3, 0.4) is 0 Å². The van der Waals surface area contributed by atoms with Gasteiger partial charge in [-0.15, -0.1) is 11.8 Å². The summed E-state index contributed by atoms with van der Waals surface area (Å²) in [4.78, 5) is 29.5. The lowest BCUT2D eigenvalue weighted by atomic mass is 9.92. The summed E-state index contributed by atoms with van der Waals surface area (Å²) >= 11 is 2.92. The Morgan fingerprint density at radius 3 is 3.04 bits per heavy atom. The molecule has 1 aromatic heterocycles. The van der Waals surface area contributed by atoms with Crippen LogP contribution in [0.25, 0.3) is 0 Å². The maximum atomic E-state index is 12.2. The third kappa shape index (κ3) is 2.37. The van der Waals surface area contributed by atoms with Gasteiger partial charge in [0, 0.05) is 30.6 Å². The zero-order valence-corrected chi connectivity index (χ0v) is 14.6. The van der Waals surface area contributed by atoms with Crippen molar-refractivity contribution in [2.45, 2.75) is 43.0 Å². The molecule has 128 valence electrons. The Balaban J connectivity index is 1.55. The zero-order chi connectivity index (χ0) is 17.0. The number of aliphatic hydroxyl groups excluding tert-OH is 1. The highest BCUT2D eigenvalue weighted by atomic mass is 32.2. The van der Waals surface area contributed by atoms with Crippen molar-refractivity contribution < 1.29 is 19.8 Å². The highest BCUT2D eigenvalue weighted by molar-refractivity contribution is 8.23. The Bertz CT molecular complexity index is 745. The van der Waals surface area contributed by atoms with Crippen LogP contribution in [0, 0.1) is 5.92 Å². The van der Waals surface area contributed by atoms with Crippen molar-refractivity contribution in [1.82, 2.24) is 14.5 Å². The molecule has 1 saturated heterocycles. The zero-order valence-electron chi connectivity index (χ0n) is 13.0. The van der Waals surface area contributed by atoms with Crippen molar-refractivity contribution in [1.29, 1.82) is 0 Å². The lowest BCUT2D eigenvalue weighted by molar-refractivity contribution is -0.156. The average molecular weight is 367 g/mol. The number of β-lactam (4-membered cyclic amide) rings is 1. The summed E-state index contributed by atoms with van der Waals surface area (Å²) in [6.45, 7) is 2.45. The summed E-state index contributed by atoms with van der Waals surface area (Å²) in [5, 5.41) is 19.3. The lowest BCUT2D eigenvalue weighted by Gasteiger charge is -2.43. The van der Waals surface area contributed by atoms with E-state index in [4.69, 9.17) is 0 Å². The SMILES string of the molecule is CC(O)[C@H]1C(=O)N2C(C(=O)O)=C(SC3CCn4ccnc4C3)S[C@H]12. The topological polar surface area (TPSA) is 95.7 Å². The van der Waals surface area contributed by atoms with E-state index in [1.54, 1.807) is 13.1 Å². The highest BCUT2D eigenvalue weighted by Gasteiger charge is 2.57. The molecule has 2 N–H and O–H groups in total. The molecule has 1 aromatic rings. The molecule has 3 aliphatic heterocycles. The smallest absolute Gasteiger partial charge is 0.354 e. The molecule has 0 bridgehead atoms. The fourth-order valence-electron chi connectivity index (χ4n) is 3.41. The minimum absolute atomic E-state index is 0.0748. The standard InChI is InChI=1S/C15H17N3O4S2/c1-7(19)10-12(20)18-11(14(21)22)15(24-13(10)18)23-8-2-4-17-5-3-16-9(17)6-8/h3,5,7-8,10,13,19H,2,4,6H2,1H3,(H,21,22)/t7?,8?,10-,13+/m0/s1. The first kappa shape index (κ1) is 16.0. The van der Waals surface area contributed by atoms with E-state index in [0.717, 1.165) is 25.2 Å². The molecule has 4 rings (SSSR count). The van der Waals surface area contributed by atoms with Crippen LogP contribution in [0.15, 0.2) is 22.3 Å². The lowest BCUT2D eigenvalue weighted by Crippen LogP contribution is -2.60. The number of imidazole rings is 1. The van der Waals surface area contributed by atoms with Crippen LogP contribution >= 0.6 is 23.5 Å². The molecule has 0 saturated carbocycles. The minimum Gasteiger partial charge on any atom is -0.477 e. The summed E-state index contributed by atoms with van der Waals surface area (Å²) in [6, 6.07) is 0. The van der Waals surface area contributed by atoms with Gasteiger partial charge in [-0.25, -0.2) is 9.78 Å². The maximum absolute atomic E-state index is 12.2. The molecule has 0 spiro atoms. The summed E-state index contributed by atoms with van der Waals surface area (Å²) in [5.74, 6) is -0.884. The number of carboxylic acid groups (broad SMARTS) is 1. The van der Waals surface area contributed by atoms with Gasteiger partial charge < -0.3 is 14.8 Å². The molecule has 1 amide bonds. The van der Waals surface area contributed by atoms with Gasteiger partial charge in [0.15, 0.2) is 5.70 Å². The number of carboxylic acids is 1. The number of hydrogen-bond acceptors (Lipinski definition) is 6. The summed E-state index contributed by atoms with van der Waals surface area (Å²) in [5.41, 5.74) is 0.0748. The Morgan fingerprint density at radius 2 is 2.33 bits per heavy atom. The number of carbonyl (C=O) groups is 2. The van der Waals surface area contributed by atoms with Crippen LogP contribution in [-0.4, -0.2) is 53.3 Å². The van der Waals surface area contributed by atoms with E-state index in [0.29, 0.717) is 4.24 Å². The summed E-state index contributed by atoms with van der Waals surface area (Å²) < 4.78 is 2.79. The third-order valence-electron chi connectivity index (χ3n) is 4.65. The number of fused-ring (bicyclic) bond motifs is 2. The Morgan fingerprint density at radius 1 is 1.54 bits per heavy atom. The largest absolute Gasteiger partial charge is 0.477 e. The number of rotatable bonds is 4. The fraction of sp³-hybridized carbons (Fsp3) is 0.533. The Labute approximate surface area is 147 Å². The monoisotopic (exact) mass is 367 g/mol. The number of hydrogen-bond donors (Lipinski definition) is 2. The minimum atomic E-state index is -1.08. The second-order valence-corrected chi connectivity index (χ2v) is 8.89. The number of thioether (sulfide) groups is 2. The molecule has 4 heterocycles. The van der Waals surface area contributed by atoms with Crippen molar-refractivity contribution in [2.24, 2.45) is 5.92 Å². The second kappa shape index (κ2) is 5.82. The van der Waals surface area contributed by atoms with Crippen LogP contribution in [0.1, 0.15) is 19.2 Å². The molecule has 24 heavy (non-hydrogen) atoms. The van der Waals surface area contributed by atoms with E-state index in [1.165, 1.54) is 28.4 Å². The van der Waals surface area contributed by atoms with Crippen molar-refractivity contribution in [3.63, 3.8) is 0 Å². The van der Waals surface area contributed by atoms with Crippen LogP contribution in [0.5, 0.6) is 0 Å². The van der Waals surface area contributed by atoms with Gasteiger partial charge in [-0.2, -0.15) is 0 Å². The van der Waals surface area contributed by atoms with Gasteiger partial charge in [-0.3, -0.25) is 9.69 Å². The summed E-state index contributed by atoms with van der Waals surface area (Å²) in [7, 11) is 0. The molecule has 0 aromatic carbocycles. The molecule has 1 fully saturated rings. The normalized spacial score (nSPS) is 30.0. The first-order valence-electron chi connectivity index (χ1n) is 7.79. The van der Waals surface area contributed by atoms with Crippen LogP contribution in [0.2, 0.25) is 0 Å². The van der Waals surface area contributed by atoms with Crippen molar-refractivity contribution in [3.8, 4) is 0 Å². The maximum Gasteiger partial charge on any atom is 0.354 e. The van der Waals surface area contributed by atoms with Crippen molar-refractivity contribution in [3.05, 3.63) is 28.2 Å². The van der Waals surface area contributed by atoms with Crippen LogP contribution < -0.4 is 0 Å². The van der Waals surface area contributed by atoms with Gasteiger partial charge >= 0.3 is 5.97 Å². The Hall–Kier alpha value is -1.45. The van der Waals surface area contributed by atoms with E-state index in [-0.39, 0.29) is 22.2 Å². The molecule has 0 radical (unpaired) electrons. The van der Waals surface area contributed by atoms with E-state index in [2.05, 4.69) is 9.55 Å². The fourth-order valence-corrected chi connectivity index (χ4v) is 6.71. The molecular weight excluding hydrogens is 350 g/mol. The molecule has 2 unspecified atom stereocenters. The van der Waals surface area contributed by atoms with Crippen LogP contribution in [-0.2, 0) is 22.6 Å². The number of aliphatic carboxylic acids is 1. The van der Waals surface area contributed by atoms with Crippen LogP contribution in [0.4, 0.5) is 0 Å². The second-order valence-electron chi connectivity index (χ2n) is 6.19. The average Bonchev–Trinajstić information content (AvgIpc) is 3.09. The van der Waals surface area contributed by atoms with Gasteiger partial charge in [0.1, 0.15) is 11.2 Å². The number of aromatic nitrogens is 2. The predicted molar refractivity (Wildman–Crippen MR) is 90.0 cm³/mol. The number of nitrogens with zero attached hydrogens (tertiary/aromatic N) is 3. The molecule has 3 aliphatic rings. The molecule has 4 atom stereocenters. The van der Waals surface area contributed by atoms with E-state index < -0.39 is 18.0 Å². The van der Waals surface area contributed by atoms with E-state index >= 15 is 0 Å². The van der Waals surface area contributed by atoms with E-state index in [1.807, 2.05) is 6.20 Å². The third-order valence-corrected chi connectivity index (χ3v) is 7.52.